The predicted molar refractivity (Wildman–Crippen MR) is 96.7 cm³/mol. The number of nitrogens with zero attached hydrogens (tertiary/aromatic N) is 2. The van der Waals surface area contributed by atoms with Gasteiger partial charge in [-0.25, -0.2) is 4.21 Å². The fourth-order valence-electron chi connectivity index (χ4n) is 3.52. The highest BCUT2D eigenvalue weighted by Crippen LogP contribution is 2.19. The Labute approximate surface area is 150 Å². The van der Waals surface area contributed by atoms with E-state index >= 15 is 0 Å². The lowest BCUT2D eigenvalue weighted by Gasteiger charge is -2.40. The normalized spacial score (nSPS) is 25.8. The number of benzene rings is 1. The van der Waals surface area contributed by atoms with Crippen molar-refractivity contribution in [3.05, 3.63) is 29.8 Å². The molecule has 25 heavy (non-hydrogen) atoms. The number of anilines is 1. The van der Waals surface area contributed by atoms with Crippen molar-refractivity contribution in [2.75, 3.05) is 37.5 Å². The number of carbonyl (C=O) groups excluding carboxylic acids is 1. The molecule has 2 aliphatic rings. The molecule has 2 saturated heterocycles. The van der Waals surface area contributed by atoms with Crippen LogP contribution in [0.1, 0.15) is 30.1 Å². The number of piperazine rings is 1. The van der Waals surface area contributed by atoms with Crippen LogP contribution < -0.4 is 4.72 Å². The molecule has 0 bridgehead atoms. The minimum Gasteiger partial charge on any atom is -0.377 e. The largest absolute Gasteiger partial charge is 0.377 e. The van der Waals surface area contributed by atoms with Crippen molar-refractivity contribution in [2.24, 2.45) is 0 Å². The van der Waals surface area contributed by atoms with Crippen molar-refractivity contribution in [1.29, 1.82) is 0 Å². The van der Waals surface area contributed by atoms with Crippen molar-refractivity contribution in [2.45, 2.75) is 31.9 Å². The quantitative estimate of drug-likeness (QED) is 0.772. The molecule has 8 heteroatoms. The summed E-state index contributed by atoms with van der Waals surface area (Å²) in [5, 5.41) is 0. The van der Waals surface area contributed by atoms with Crippen molar-refractivity contribution in [3.63, 3.8) is 0 Å². The molecule has 1 unspecified atom stereocenters. The van der Waals surface area contributed by atoms with E-state index in [9.17, 15) is 9.00 Å². The van der Waals surface area contributed by atoms with Gasteiger partial charge in [-0.3, -0.25) is 19.0 Å². The van der Waals surface area contributed by atoms with Gasteiger partial charge in [-0.2, -0.15) is 0 Å². The molecule has 2 aliphatic heterocycles. The van der Waals surface area contributed by atoms with Crippen LogP contribution in [0.2, 0.25) is 0 Å². The van der Waals surface area contributed by atoms with Gasteiger partial charge in [0.2, 0.25) is 0 Å². The summed E-state index contributed by atoms with van der Waals surface area (Å²) in [4.78, 5) is 17.0. The minimum absolute atomic E-state index is 0.000868. The van der Waals surface area contributed by atoms with E-state index in [-0.39, 0.29) is 11.9 Å². The third-order valence-electron chi connectivity index (χ3n) is 4.80. The molecule has 0 aliphatic carbocycles. The van der Waals surface area contributed by atoms with Gasteiger partial charge in [-0.1, -0.05) is 0 Å². The average molecular weight is 367 g/mol. The highest BCUT2D eigenvalue weighted by molar-refractivity contribution is 7.80. The van der Waals surface area contributed by atoms with E-state index in [1.807, 2.05) is 4.90 Å². The van der Waals surface area contributed by atoms with Gasteiger partial charge in [0.15, 0.2) is 0 Å². The molecular formula is C17H25N3O4S. The van der Waals surface area contributed by atoms with Crippen molar-refractivity contribution < 1.29 is 18.3 Å². The molecule has 0 spiro atoms. The number of nitrogens with one attached hydrogen (secondary N) is 1. The van der Waals surface area contributed by atoms with Gasteiger partial charge in [0, 0.05) is 50.1 Å². The molecule has 0 radical (unpaired) electrons. The minimum atomic E-state index is -2.11. The monoisotopic (exact) mass is 367 g/mol. The summed E-state index contributed by atoms with van der Waals surface area (Å²) in [5.41, 5.74) is 1.10. The van der Waals surface area contributed by atoms with E-state index in [0.717, 1.165) is 39.1 Å². The molecule has 3 atom stereocenters. The Hall–Kier alpha value is -1.48. The van der Waals surface area contributed by atoms with Crippen molar-refractivity contribution in [3.8, 4) is 0 Å². The van der Waals surface area contributed by atoms with E-state index in [1.54, 1.807) is 24.3 Å². The molecule has 1 aromatic rings. The van der Waals surface area contributed by atoms with E-state index in [1.165, 1.54) is 0 Å². The fraction of sp³-hybridized carbons (Fsp3) is 0.588. The van der Waals surface area contributed by atoms with Gasteiger partial charge >= 0.3 is 0 Å². The van der Waals surface area contributed by atoms with Gasteiger partial charge in [-0.05, 0) is 44.0 Å². The number of hydrogen-bond donors (Lipinski definition) is 2. The third kappa shape index (κ3) is 4.78. The zero-order chi connectivity index (χ0) is 17.8. The molecule has 1 amide bonds. The second-order valence-electron chi connectivity index (χ2n) is 6.67. The molecule has 0 saturated carbocycles. The summed E-state index contributed by atoms with van der Waals surface area (Å²) in [7, 11) is 0. The molecule has 2 heterocycles. The highest BCUT2D eigenvalue weighted by Gasteiger charge is 2.30. The first-order valence-electron chi connectivity index (χ1n) is 8.65. The molecule has 2 fully saturated rings. The first-order valence-corrected chi connectivity index (χ1v) is 9.76. The van der Waals surface area contributed by atoms with Gasteiger partial charge in [0.05, 0.1) is 6.10 Å². The number of amides is 1. The van der Waals surface area contributed by atoms with Crippen LogP contribution in [0.15, 0.2) is 24.3 Å². The molecule has 1 aromatic carbocycles. The van der Waals surface area contributed by atoms with E-state index in [2.05, 4.69) is 16.5 Å². The number of carbonyl (C=O) groups is 1. The van der Waals surface area contributed by atoms with Crippen LogP contribution in [0, 0.1) is 0 Å². The first kappa shape index (κ1) is 18.3. The van der Waals surface area contributed by atoms with E-state index < -0.39 is 11.3 Å². The Balaban J connectivity index is 1.56. The number of rotatable bonds is 5. The van der Waals surface area contributed by atoms with Gasteiger partial charge in [-0.15, -0.1) is 0 Å². The molecule has 3 rings (SSSR count). The van der Waals surface area contributed by atoms with E-state index in [0.29, 0.717) is 23.9 Å². The van der Waals surface area contributed by atoms with Crippen LogP contribution in [0.5, 0.6) is 0 Å². The second kappa shape index (κ2) is 8.27. The first-order chi connectivity index (χ1) is 12.0. The summed E-state index contributed by atoms with van der Waals surface area (Å²) in [5.74, 6) is 0.000868. The number of ether oxygens (including phenoxy) is 1. The lowest BCUT2D eigenvalue weighted by atomic mass is 10.1. The Kier molecular flexibility index (Phi) is 6.06. The number of hydrogen-bond acceptors (Lipinski definition) is 4. The van der Waals surface area contributed by atoms with Crippen molar-refractivity contribution >= 4 is 22.9 Å². The zero-order valence-corrected chi connectivity index (χ0v) is 15.2. The smallest absolute Gasteiger partial charge is 0.259 e. The topological polar surface area (TPSA) is 82.1 Å². The van der Waals surface area contributed by atoms with Crippen LogP contribution in [-0.2, 0) is 16.0 Å². The molecular weight excluding hydrogens is 342 g/mol. The Morgan fingerprint density at radius 2 is 2.12 bits per heavy atom. The molecule has 7 nitrogen and oxygen atoms in total. The molecule has 2 N–H and O–H groups in total. The van der Waals surface area contributed by atoms with Gasteiger partial charge < -0.3 is 9.64 Å². The van der Waals surface area contributed by atoms with Gasteiger partial charge in [0.25, 0.3) is 17.2 Å². The summed E-state index contributed by atoms with van der Waals surface area (Å²) in [6, 6.07) is 6.79. The third-order valence-corrected chi connectivity index (χ3v) is 5.21. The van der Waals surface area contributed by atoms with Crippen LogP contribution >= 0.6 is 0 Å². The SMILES string of the molecule is C[C@@H]1CN(C[C@H]2CCCO2)CCN1C(=O)c1ccc(NS(=O)O)cc1. The molecule has 138 valence electrons. The lowest BCUT2D eigenvalue weighted by molar-refractivity contribution is 0.0279. The maximum absolute atomic E-state index is 12.7. The van der Waals surface area contributed by atoms with Crippen LogP contribution in [0.3, 0.4) is 0 Å². The van der Waals surface area contributed by atoms with Crippen LogP contribution in [0.4, 0.5) is 5.69 Å². The Morgan fingerprint density at radius 1 is 1.36 bits per heavy atom. The molecule has 0 aromatic heterocycles. The van der Waals surface area contributed by atoms with Crippen molar-refractivity contribution in [1.82, 2.24) is 9.80 Å². The van der Waals surface area contributed by atoms with E-state index in [4.69, 9.17) is 9.29 Å². The predicted octanol–water partition coefficient (Wildman–Crippen LogP) is 1.56. The van der Waals surface area contributed by atoms with Gasteiger partial charge in [0.1, 0.15) is 0 Å². The zero-order valence-electron chi connectivity index (χ0n) is 14.4. The second-order valence-corrected chi connectivity index (χ2v) is 7.37. The maximum Gasteiger partial charge on any atom is 0.259 e. The lowest BCUT2D eigenvalue weighted by Crippen LogP contribution is -2.55. The van der Waals surface area contributed by atoms with Crippen LogP contribution in [0.25, 0.3) is 0 Å². The fourth-order valence-corrected chi connectivity index (χ4v) is 3.86. The average Bonchev–Trinajstić information content (AvgIpc) is 3.07. The standard InChI is InChI=1S/C17H25N3O4S/c1-13-11-19(12-16-3-2-10-24-16)8-9-20(13)17(21)14-4-6-15(7-5-14)18-25(22)23/h4-7,13,16,18H,2-3,8-12H2,1H3,(H,22,23)/t13-,16-/m1/s1. The Morgan fingerprint density at radius 3 is 2.72 bits per heavy atom. The summed E-state index contributed by atoms with van der Waals surface area (Å²) < 4.78 is 27.7. The summed E-state index contributed by atoms with van der Waals surface area (Å²) in [6.07, 6.45) is 2.62. The Bertz CT molecular complexity index is 619. The summed E-state index contributed by atoms with van der Waals surface area (Å²) in [6.45, 7) is 6.31. The highest BCUT2D eigenvalue weighted by atomic mass is 32.2. The summed E-state index contributed by atoms with van der Waals surface area (Å²) >= 11 is -2.11. The van der Waals surface area contributed by atoms with Crippen LogP contribution in [-0.4, -0.2) is 69.4 Å². The maximum atomic E-state index is 12.7.